The number of hydrogen-bond acceptors (Lipinski definition) is 3. The van der Waals surface area contributed by atoms with Crippen LogP contribution in [-0.2, 0) is 20.1 Å². The Kier molecular flexibility index (Phi) is 9.16. The van der Waals surface area contributed by atoms with Crippen LogP contribution in [-0.4, -0.2) is 21.8 Å². The predicted octanol–water partition coefficient (Wildman–Crippen LogP) is 4.89. The van der Waals surface area contributed by atoms with Gasteiger partial charge in [-0.25, -0.2) is 4.99 Å². The number of anilines is 1. The van der Waals surface area contributed by atoms with Crippen LogP contribution in [0, 0.1) is 6.92 Å². The summed E-state index contributed by atoms with van der Waals surface area (Å²) in [5.74, 6) is 1.57. The van der Waals surface area contributed by atoms with E-state index in [0.717, 1.165) is 17.1 Å². The molecule has 0 saturated heterocycles. The average Bonchev–Trinajstić information content (AvgIpc) is 3.11. The molecule has 1 aromatic heterocycles. The van der Waals surface area contributed by atoms with Crippen molar-refractivity contribution in [1.82, 2.24) is 15.1 Å². The van der Waals surface area contributed by atoms with Crippen LogP contribution in [0.2, 0.25) is 0 Å². The fourth-order valence-corrected chi connectivity index (χ4v) is 2.87. The molecule has 0 aliphatic rings. The van der Waals surface area contributed by atoms with Crippen LogP contribution in [0.3, 0.4) is 0 Å². The minimum absolute atomic E-state index is 0. The molecule has 0 amide bonds. The number of nitrogens with one attached hydrogen (secondary N) is 2. The summed E-state index contributed by atoms with van der Waals surface area (Å²) in [6, 6.07) is 18.2. The molecule has 0 saturated carbocycles. The first-order valence-electron chi connectivity index (χ1n) is 9.84. The van der Waals surface area contributed by atoms with Crippen molar-refractivity contribution in [3.8, 4) is 5.75 Å². The first-order valence-corrected chi connectivity index (χ1v) is 9.84. The van der Waals surface area contributed by atoms with E-state index in [2.05, 4.69) is 34.8 Å². The van der Waals surface area contributed by atoms with Crippen molar-refractivity contribution in [2.75, 3.05) is 5.32 Å². The van der Waals surface area contributed by atoms with Gasteiger partial charge in [0.05, 0.1) is 24.9 Å². The minimum Gasteiger partial charge on any atom is -0.491 e. The molecule has 0 spiro atoms. The zero-order chi connectivity index (χ0) is 20.6. The second kappa shape index (κ2) is 11.6. The maximum Gasteiger partial charge on any atom is 0.196 e. The first kappa shape index (κ1) is 23.7. The molecule has 160 valence electrons. The van der Waals surface area contributed by atoms with Gasteiger partial charge in [0.1, 0.15) is 5.75 Å². The van der Waals surface area contributed by atoms with Crippen molar-refractivity contribution in [3.05, 3.63) is 77.6 Å². The number of benzene rings is 2. The summed E-state index contributed by atoms with van der Waals surface area (Å²) >= 11 is 0. The second-order valence-electron chi connectivity index (χ2n) is 7.21. The molecule has 0 radical (unpaired) electrons. The van der Waals surface area contributed by atoms with E-state index in [0.29, 0.717) is 19.0 Å². The lowest BCUT2D eigenvalue weighted by atomic mass is 10.1. The third kappa shape index (κ3) is 7.05. The molecule has 30 heavy (non-hydrogen) atoms. The maximum atomic E-state index is 5.72. The summed E-state index contributed by atoms with van der Waals surface area (Å²) in [4.78, 5) is 4.78. The van der Waals surface area contributed by atoms with E-state index in [-0.39, 0.29) is 30.1 Å². The second-order valence-corrected chi connectivity index (χ2v) is 7.21. The molecule has 0 atom stereocenters. The van der Waals surface area contributed by atoms with Crippen LogP contribution >= 0.6 is 24.0 Å². The number of nitrogens with zero attached hydrogens (tertiary/aromatic N) is 3. The molecule has 1 heterocycles. The highest BCUT2D eigenvalue weighted by Gasteiger charge is 2.05. The van der Waals surface area contributed by atoms with Gasteiger partial charge in [-0.05, 0) is 62.2 Å². The number of aliphatic imine (C=N–C) groups is 1. The molecule has 3 rings (SSSR count). The van der Waals surface area contributed by atoms with E-state index in [4.69, 9.17) is 9.73 Å². The molecule has 7 heteroatoms. The van der Waals surface area contributed by atoms with Gasteiger partial charge >= 0.3 is 0 Å². The van der Waals surface area contributed by atoms with Crippen molar-refractivity contribution in [3.63, 3.8) is 0 Å². The highest BCUT2D eigenvalue weighted by atomic mass is 127. The smallest absolute Gasteiger partial charge is 0.196 e. The van der Waals surface area contributed by atoms with Crippen LogP contribution in [0.1, 0.15) is 30.7 Å². The molecule has 2 N–H and O–H groups in total. The van der Waals surface area contributed by atoms with Crippen LogP contribution in [0.5, 0.6) is 5.75 Å². The van der Waals surface area contributed by atoms with E-state index in [1.54, 1.807) is 6.20 Å². The first-order chi connectivity index (χ1) is 14.0. The van der Waals surface area contributed by atoms with Crippen LogP contribution < -0.4 is 15.4 Å². The maximum absolute atomic E-state index is 5.72. The molecule has 3 aromatic rings. The van der Waals surface area contributed by atoms with Gasteiger partial charge in [-0.1, -0.05) is 24.3 Å². The van der Waals surface area contributed by atoms with E-state index in [1.165, 1.54) is 11.1 Å². The topological polar surface area (TPSA) is 63.5 Å². The molecule has 0 aliphatic carbocycles. The molecule has 0 fully saturated rings. The number of ether oxygens (including phenoxy) is 1. The average molecular weight is 519 g/mol. The van der Waals surface area contributed by atoms with Gasteiger partial charge < -0.3 is 15.4 Å². The highest BCUT2D eigenvalue weighted by Crippen LogP contribution is 2.17. The Hall–Kier alpha value is -2.55. The minimum atomic E-state index is 0. The normalized spacial score (nSPS) is 11.2. The Morgan fingerprint density at radius 2 is 1.83 bits per heavy atom. The molecular formula is C23H30IN5O. The summed E-state index contributed by atoms with van der Waals surface area (Å²) < 4.78 is 7.57. The van der Waals surface area contributed by atoms with Gasteiger partial charge in [-0.2, -0.15) is 5.10 Å². The highest BCUT2D eigenvalue weighted by molar-refractivity contribution is 14.0. The number of aromatic nitrogens is 2. The van der Waals surface area contributed by atoms with Crippen molar-refractivity contribution in [1.29, 1.82) is 0 Å². The van der Waals surface area contributed by atoms with Crippen molar-refractivity contribution in [2.45, 2.75) is 40.0 Å². The molecule has 6 nitrogen and oxygen atoms in total. The van der Waals surface area contributed by atoms with Gasteiger partial charge in [-0.3, -0.25) is 4.68 Å². The third-order valence-electron chi connectivity index (χ3n) is 4.52. The monoisotopic (exact) mass is 519 g/mol. The Balaban J connectivity index is 0.00000320. The number of rotatable bonds is 7. The number of hydrogen-bond donors (Lipinski definition) is 2. The SMILES string of the molecule is Cc1ccccc1CN=C(NCc1ccnn1C)Nc1ccc(OC(C)C)cc1.I. The van der Waals surface area contributed by atoms with Crippen molar-refractivity contribution in [2.24, 2.45) is 12.0 Å². The van der Waals surface area contributed by atoms with E-state index in [9.17, 15) is 0 Å². The zero-order valence-electron chi connectivity index (χ0n) is 17.9. The lowest BCUT2D eigenvalue weighted by Gasteiger charge is -2.14. The Morgan fingerprint density at radius 3 is 2.47 bits per heavy atom. The van der Waals surface area contributed by atoms with Crippen LogP contribution in [0.4, 0.5) is 5.69 Å². The fraction of sp³-hybridized carbons (Fsp3) is 0.304. The summed E-state index contributed by atoms with van der Waals surface area (Å²) in [6.45, 7) is 7.37. The fourth-order valence-electron chi connectivity index (χ4n) is 2.87. The summed E-state index contributed by atoms with van der Waals surface area (Å²) in [5.41, 5.74) is 4.46. The van der Waals surface area contributed by atoms with E-state index in [1.807, 2.05) is 68.0 Å². The number of guanidine groups is 1. The molecule has 0 aliphatic heterocycles. The third-order valence-corrected chi connectivity index (χ3v) is 4.52. The summed E-state index contributed by atoms with van der Waals surface area (Å²) in [6.07, 6.45) is 1.95. The molecule has 2 aromatic carbocycles. The van der Waals surface area contributed by atoms with Crippen molar-refractivity contribution < 1.29 is 4.74 Å². The number of halogens is 1. The van der Waals surface area contributed by atoms with Gasteiger partial charge in [0.2, 0.25) is 0 Å². The van der Waals surface area contributed by atoms with Crippen molar-refractivity contribution >= 4 is 35.6 Å². The molecular weight excluding hydrogens is 489 g/mol. The summed E-state index contributed by atoms with van der Waals surface area (Å²) in [7, 11) is 1.93. The van der Waals surface area contributed by atoms with Gasteiger partial charge in [0.15, 0.2) is 5.96 Å². The van der Waals surface area contributed by atoms with Crippen LogP contribution in [0.25, 0.3) is 0 Å². The predicted molar refractivity (Wildman–Crippen MR) is 134 cm³/mol. The van der Waals surface area contributed by atoms with Crippen LogP contribution in [0.15, 0.2) is 65.8 Å². The Bertz CT molecular complexity index is 950. The lowest BCUT2D eigenvalue weighted by molar-refractivity contribution is 0.242. The zero-order valence-corrected chi connectivity index (χ0v) is 20.3. The standard InChI is InChI=1S/C23H29N5O.HI/c1-17(2)29-22-11-9-20(10-12-22)27-23(25-16-21-13-14-26-28(21)4)24-15-19-8-6-5-7-18(19)3;/h5-14,17H,15-16H2,1-4H3,(H2,24,25,27);1H. The number of aryl methyl sites for hydroxylation is 2. The molecule has 0 unspecified atom stereocenters. The van der Waals surface area contributed by atoms with Gasteiger partial charge in [0, 0.05) is 18.9 Å². The Labute approximate surface area is 195 Å². The van der Waals surface area contributed by atoms with E-state index >= 15 is 0 Å². The van der Waals surface area contributed by atoms with Gasteiger partial charge in [-0.15, -0.1) is 24.0 Å². The van der Waals surface area contributed by atoms with E-state index < -0.39 is 0 Å². The largest absolute Gasteiger partial charge is 0.491 e. The lowest BCUT2D eigenvalue weighted by Crippen LogP contribution is -2.31. The van der Waals surface area contributed by atoms with Gasteiger partial charge in [0.25, 0.3) is 0 Å². The summed E-state index contributed by atoms with van der Waals surface area (Å²) in [5, 5.41) is 11.0. The quantitative estimate of drug-likeness (QED) is 0.265. The Morgan fingerprint density at radius 1 is 1.10 bits per heavy atom. The molecule has 0 bridgehead atoms.